The lowest BCUT2D eigenvalue weighted by atomic mass is 10.0. The highest BCUT2D eigenvalue weighted by molar-refractivity contribution is 7.47. The summed E-state index contributed by atoms with van der Waals surface area (Å²) in [6.07, 6.45) is 107. The normalized spacial score (nSPS) is 14.6. The fourth-order valence-electron chi connectivity index (χ4n) is 11.6. The molecule has 0 aromatic heterocycles. The maximum Gasteiger partial charge on any atom is 0.472 e. The van der Waals surface area contributed by atoms with Crippen LogP contribution in [0.1, 0.15) is 355 Å². The van der Waals surface area contributed by atoms with E-state index < -0.39 is 91.5 Å². The molecule has 111 heavy (non-hydrogen) atoms. The lowest BCUT2D eigenvalue weighted by Gasteiger charge is -2.21. The van der Waals surface area contributed by atoms with Gasteiger partial charge in [-0.2, -0.15) is 0 Å². The number of rotatable bonds is 82. The second-order valence-electron chi connectivity index (χ2n) is 29.0. The molecule has 0 aliphatic heterocycles. The summed E-state index contributed by atoms with van der Waals surface area (Å²) in [4.78, 5) is 58.9. The molecule has 0 saturated carbocycles. The number of esters is 3. The Kier molecular flexibility index (Phi) is 80.9. The maximum atomic E-state index is 13.0. The molecule has 4 N–H and O–H groups in total. The van der Waals surface area contributed by atoms with Crippen LogP contribution in [0.15, 0.2) is 158 Å². The summed E-state index contributed by atoms with van der Waals surface area (Å²) in [7, 11) is -9.82. The lowest BCUT2D eigenvalue weighted by molar-refractivity contribution is -0.161. The SMILES string of the molecule is CC/C=C\C/C=C\C/C=C\C/C=C\C/C=C\CCCCCCCC(=O)OCC(COP(=O)(O)OCC(O)COP(=O)(O)OCC(O)COC(=O)CCCCCCCCCCCCCCCCCCC/C=C\C/C=C\C/C=C\C/C=C\CCCCC)OC(=O)CCCCCCC/C=C\C/C=C\C/C=C\C/C=C\CCCCC. The number of carbonyl (C=O) groups excluding carboxylic acids is 3. The van der Waals surface area contributed by atoms with Gasteiger partial charge in [0.05, 0.1) is 26.4 Å². The van der Waals surface area contributed by atoms with Crippen molar-refractivity contribution in [3.8, 4) is 0 Å². The molecule has 5 unspecified atom stereocenters. The molecular weight excluding hydrogens is 1430 g/mol. The molecule has 0 bridgehead atoms. The summed E-state index contributed by atoms with van der Waals surface area (Å²) < 4.78 is 61.3. The Morgan fingerprint density at radius 3 is 0.757 bits per heavy atom. The van der Waals surface area contributed by atoms with Gasteiger partial charge in [0.25, 0.3) is 0 Å². The van der Waals surface area contributed by atoms with Crippen molar-refractivity contribution in [1.29, 1.82) is 0 Å². The summed E-state index contributed by atoms with van der Waals surface area (Å²) >= 11 is 0. The monoisotopic (exact) mass is 1590 g/mol. The highest BCUT2D eigenvalue weighted by Crippen LogP contribution is 2.45. The van der Waals surface area contributed by atoms with E-state index in [-0.39, 0.29) is 19.3 Å². The summed E-state index contributed by atoms with van der Waals surface area (Å²) in [5, 5.41) is 20.7. The maximum absolute atomic E-state index is 13.0. The first-order chi connectivity index (χ1) is 54.2. The predicted molar refractivity (Wildman–Crippen MR) is 463 cm³/mol. The van der Waals surface area contributed by atoms with Gasteiger partial charge in [-0.05, 0) is 154 Å². The molecule has 0 spiro atoms. The van der Waals surface area contributed by atoms with Crippen LogP contribution in [0.25, 0.3) is 0 Å². The fraction of sp³-hybridized carbons (Fsp3) is 0.688. The van der Waals surface area contributed by atoms with E-state index in [1.165, 1.54) is 135 Å². The van der Waals surface area contributed by atoms with Gasteiger partial charge in [-0.25, -0.2) is 9.13 Å². The Bertz CT molecular complexity index is 2650. The van der Waals surface area contributed by atoms with Gasteiger partial charge < -0.3 is 34.2 Å². The number of aliphatic hydroxyl groups excluding tert-OH is 2. The van der Waals surface area contributed by atoms with Gasteiger partial charge in [0.2, 0.25) is 0 Å². The number of hydrogen-bond acceptors (Lipinski definition) is 14. The molecule has 5 atom stereocenters. The summed E-state index contributed by atoms with van der Waals surface area (Å²) in [5.74, 6) is -1.62. The summed E-state index contributed by atoms with van der Waals surface area (Å²) in [5.41, 5.74) is 0. The Labute approximate surface area is 676 Å². The molecule has 0 aliphatic carbocycles. The zero-order valence-corrected chi connectivity index (χ0v) is 71.6. The van der Waals surface area contributed by atoms with Crippen LogP contribution < -0.4 is 0 Å². The molecule has 636 valence electrons. The second kappa shape index (κ2) is 84.6. The van der Waals surface area contributed by atoms with Crippen LogP contribution >= 0.6 is 15.6 Å². The van der Waals surface area contributed by atoms with Crippen LogP contribution in [0, 0.1) is 0 Å². The van der Waals surface area contributed by atoms with E-state index in [0.29, 0.717) is 19.3 Å². The number of carbonyl (C=O) groups is 3. The van der Waals surface area contributed by atoms with Gasteiger partial charge in [-0.15, -0.1) is 0 Å². The third-order valence-corrected chi connectivity index (χ3v) is 20.1. The molecule has 0 fully saturated rings. The largest absolute Gasteiger partial charge is 0.472 e. The third kappa shape index (κ3) is 85.9. The molecule has 0 rings (SSSR count). The first kappa shape index (κ1) is 106. The van der Waals surface area contributed by atoms with Gasteiger partial charge in [0.1, 0.15) is 25.4 Å². The van der Waals surface area contributed by atoms with E-state index >= 15 is 0 Å². The number of aliphatic hydroxyl groups is 2. The Morgan fingerprint density at radius 1 is 0.261 bits per heavy atom. The Hall–Kier alpha value is -4.83. The number of unbranched alkanes of at least 4 members (excludes halogenated alkanes) is 33. The van der Waals surface area contributed by atoms with Crippen LogP contribution in [0.4, 0.5) is 0 Å². The van der Waals surface area contributed by atoms with E-state index in [1.54, 1.807) is 0 Å². The summed E-state index contributed by atoms with van der Waals surface area (Å²) in [6, 6.07) is 0. The molecule has 0 amide bonds. The number of phosphoric ester groups is 2. The minimum atomic E-state index is -4.95. The molecule has 16 nitrogen and oxygen atoms in total. The average Bonchev–Trinajstić information content (AvgIpc) is 0.902. The van der Waals surface area contributed by atoms with Gasteiger partial charge in [-0.1, -0.05) is 339 Å². The molecule has 0 aromatic carbocycles. The van der Waals surface area contributed by atoms with E-state index in [4.69, 9.17) is 32.3 Å². The zero-order valence-electron chi connectivity index (χ0n) is 69.8. The zero-order chi connectivity index (χ0) is 80.8. The summed E-state index contributed by atoms with van der Waals surface area (Å²) in [6.45, 7) is 2.49. The van der Waals surface area contributed by atoms with Crippen molar-refractivity contribution in [2.75, 3.05) is 39.6 Å². The molecule has 0 radical (unpaired) electrons. The van der Waals surface area contributed by atoms with Crippen LogP contribution in [-0.2, 0) is 55.8 Å². The second-order valence-corrected chi connectivity index (χ2v) is 31.9. The smallest absolute Gasteiger partial charge is 0.463 e. The number of hydrogen-bond donors (Lipinski definition) is 4. The van der Waals surface area contributed by atoms with Gasteiger partial charge in [0, 0.05) is 19.3 Å². The average molecular weight is 1590 g/mol. The molecule has 0 heterocycles. The molecule has 18 heteroatoms. The minimum Gasteiger partial charge on any atom is -0.463 e. The van der Waals surface area contributed by atoms with Crippen LogP contribution in [0.5, 0.6) is 0 Å². The number of allylic oxidation sites excluding steroid dienone is 26. The highest BCUT2D eigenvalue weighted by Gasteiger charge is 2.29. The number of ether oxygens (including phenoxy) is 3. The molecule has 0 aromatic rings. The Balaban J connectivity index is 4.57. The standard InChI is InChI=1S/C93H158O16P2/c1-4-7-10-13-16-19-22-25-28-31-34-37-38-39-40-41-42-43-44-45-46-47-48-51-53-55-58-61-64-67-70-73-76-79-91(96)103-82-88(94)83-105-110(99,100)106-84-89(95)85-107-111(101,102)108-87-90(109-93(98)81-78-75-72-69-66-63-60-57-54-50-36-33-30-27-24-21-18-15-12-9-6-3)86-104-92(97)80-77-74-71-68-65-62-59-56-52-49-35-32-29-26-23-20-17-14-11-8-5-2/h8,11,16-21,25-30,34-37,39-40,49-50,56-57,59-60,88-90,94-95H,4-7,9-10,12-15,22-24,31-33,38,41-48,51-55,58,61-87H2,1-3H3,(H,99,100)(H,101,102)/b11-8-,19-16-,20-17-,21-18-,28-25-,29-26-,30-27-,37-34-,40-39-,49-35-,50-36-,59-56-,60-57-. The van der Waals surface area contributed by atoms with Crippen molar-refractivity contribution in [2.24, 2.45) is 0 Å². The van der Waals surface area contributed by atoms with Gasteiger partial charge in [0.15, 0.2) is 6.10 Å². The van der Waals surface area contributed by atoms with Gasteiger partial charge >= 0.3 is 33.6 Å². The molecule has 0 aliphatic rings. The van der Waals surface area contributed by atoms with Crippen LogP contribution in [0.2, 0.25) is 0 Å². The van der Waals surface area contributed by atoms with Crippen molar-refractivity contribution < 1.29 is 75.8 Å². The third-order valence-electron chi connectivity index (χ3n) is 18.2. The highest BCUT2D eigenvalue weighted by atomic mass is 31.2. The van der Waals surface area contributed by atoms with E-state index in [9.17, 15) is 43.5 Å². The number of phosphoric acid groups is 2. The molecule has 0 saturated heterocycles. The van der Waals surface area contributed by atoms with Gasteiger partial charge in [-0.3, -0.25) is 32.5 Å². The van der Waals surface area contributed by atoms with Crippen molar-refractivity contribution >= 4 is 33.6 Å². The first-order valence-electron chi connectivity index (χ1n) is 43.8. The topological polar surface area (TPSA) is 231 Å². The van der Waals surface area contributed by atoms with E-state index in [1.807, 2.05) is 0 Å². The molecular formula is C93H158O16P2. The van der Waals surface area contributed by atoms with E-state index in [0.717, 1.165) is 161 Å². The predicted octanol–water partition coefficient (Wildman–Crippen LogP) is 26.5. The fourth-order valence-corrected chi connectivity index (χ4v) is 13.2. The van der Waals surface area contributed by atoms with E-state index in [2.05, 4.69) is 179 Å². The van der Waals surface area contributed by atoms with Crippen LogP contribution in [0.3, 0.4) is 0 Å². The minimum absolute atomic E-state index is 0.0741. The van der Waals surface area contributed by atoms with Crippen molar-refractivity contribution in [3.05, 3.63) is 158 Å². The quantitative estimate of drug-likeness (QED) is 0.0146. The van der Waals surface area contributed by atoms with Crippen molar-refractivity contribution in [2.45, 2.75) is 373 Å². The lowest BCUT2D eigenvalue weighted by Crippen LogP contribution is -2.30. The Morgan fingerprint density at radius 2 is 0.477 bits per heavy atom. The van der Waals surface area contributed by atoms with Crippen molar-refractivity contribution in [1.82, 2.24) is 0 Å². The van der Waals surface area contributed by atoms with Crippen LogP contribution in [-0.4, -0.2) is 95.9 Å². The first-order valence-corrected chi connectivity index (χ1v) is 46.8. The van der Waals surface area contributed by atoms with Crippen molar-refractivity contribution in [3.63, 3.8) is 0 Å².